The number of nitrogens with zero attached hydrogens (tertiary/aromatic N) is 3. The van der Waals surface area contributed by atoms with E-state index in [2.05, 4.69) is 9.97 Å². The first-order chi connectivity index (χ1) is 18.5. The normalized spacial score (nSPS) is 17.0. The van der Waals surface area contributed by atoms with Gasteiger partial charge < -0.3 is 4.42 Å². The third-order valence-electron chi connectivity index (χ3n) is 6.67. The van der Waals surface area contributed by atoms with E-state index < -0.39 is 33.6 Å². The molecule has 1 fully saturated rings. The monoisotopic (exact) mass is 561 g/mol. The summed E-state index contributed by atoms with van der Waals surface area (Å²) in [6.45, 7) is 0.150. The van der Waals surface area contributed by atoms with Gasteiger partial charge in [-0.15, -0.1) is 0 Å². The lowest BCUT2D eigenvalue weighted by atomic mass is 9.97. The summed E-state index contributed by atoms with van der Waals surface area (Å²) in [7, 11) is -4.15. The number of halogens is 4. The van der Waals surface area contributed by atoms with Crippen LogP contribution in [0.4, 0.5) is 17.6 Å². The molecule has 7 nitrogen and oxygen atoms in total. The van der Waals surface area contributed by atoms with Gasteiger partial charge in [0.1, 0.15) is 11.4 Å². The van der Waals surface area contributed by atoms with Crippen LogP contribution in [0.2, 0.25) is 0 Å². The summed E-state index contributed by atoms with van der Waals surface area (Å²) in [5.41, 5.74) is 0.765. The Balaban J connectivity index is 1.30. The Morgan fingerprint density at radius 2 is 1.87 bits per heavy atom. The average molecular weight is 562 g/mol. The topological polar surface area (TPSA) is 93.4 Å². The molecule has 39 heavy (non-hydrogen) atoms. The minimum Gasteiger partial charge on any atom is -0.443 e. The largest absolute Gasteiger partial charge is 0.443 e. The Morgan fingerprint density at radius 3 is 2.62 bits per heavy atom. The lowest BCUT2D eigenvalue weighted by Gasteiger charge is -2.32. The molecular weight excluding hydrogens is 538 g/mol. The molecule has 3 aromatic heterocycles. The lowest BCUT2D eigenvalue weighted by molar-refractivity contribution is -0.137. The van der Waals surface area contributed by atoms with Crippen LogP contribution >= 0.6 is 0 Å². The van der Waals surface area contributed by atoms with Gasteiger partial charge in [-0.3, -0.25) is 14.8 Å². The van der Waals surface area contributed by atoms with Crippen molar-refractivity contribution in [1.29, 1.82) is 0 Å². The summed E-state index contributed by atoms with van der Waals surface area (Å²) in [4.78, 5) is 21.4. The predicted molar refractivity (Wildman–Crippen MR) is 134 cm³/mol. The molecule has 0 aliphatic carbocycles. The fourth-order valence-electron chi connectivity index (χ4n) is 4.67. The third kappa shape index (κ3) is 5.71. The number of sulfonamides is 1. The first kappa shape index (κ1) is 26.9. The summed E-state index contributed by atoms with van der Waals surface area (Å²) < 4.78 is 85.6. The fourth-order valence-corrected chi connectivity index (χ4v) is 6.30. The molecule has 1 aromatic carbocycles. The minimum atomic E-state index is -4.49. The number of fused-ring (bicyclic) bond motifs is 1. The standard InChI is InChI=1S/C27H23F4N3O4S/c28-20-5-9-25-18(13-20)15-26(38-25)39(36,37)34-12-2-1-3-23(34)24(35)8-6-21-14-17(10-11-32-21)22-7-4-19(16-33-22)27(29,30)31/h4-5,7,9-11,13-16,23H,1-3,6,8,12H2/t23-/m0/s1. The molecule has 12 heteroatoms. The summed E-state index contributed by atoms with van der Waals surface area (Å²) in [5.74, 6) is -0.801. The Labute approximate surface area is 221 Å². The van der Waals surface area contributed by atoms with Gasteiger partial charge in [-0.25, -0.2) is 12.8 Å². The molecule has 1 atom stereocenters. The molecule has 0 spiro atoms. The molecule has 1 aliphatic rings. The third-order valence-corrected chi connectivity index (χ3v) is 8.44. The van der Waals surface area contributed by atoms with E-state index in [-0.39, 0.29) is 35.8 Å². The van der Waals surface area contributed by atoms with E-state index in [0.29, 0.717) is 41.6 Å². The lowest BCUT2D eigenvalue weighted by Crippen LogP contribution is -2.47. The van der Waals surface area contributed by atoms with Crippen LogP contribution in [0.1, 0.15) is 36.9 Å². The van der Waals surface area contributed by atoms with Gasteiger partial charge >= 0.3 is 6.18 Å². The highest BCUT2D eigenvalue weighted by Crippen LogP contribution is 2.32. The van der Waals surface area contributed by atoms with Crippen molar-refractivity contribution in [1.82, 2.24) is 14.3 Å². The highest BCUT2D eigenvalue weighted by Gasteiger charge is 2.39. The van der Waals surface area contributed by atoms with Crippen LogP contribution in [0.15, 0.2) is 70.4 Å². The number of alkyl halides is 3. The number of aromatic nitrogens is 2. The molecule has 1 aliphatic heterocycles. The Hall–Kier alpha value is -3.64. The van der Waals surface area contributed by atoms with Crippen molar-refractivity contribution in [2.75, 3.05) is 6.54 Å². The molecule has 0 unspecified atom stereocenters. The Bertz CT molecular complexity index is 1620. The molecule has 0 saturated carbocycles. The number of pyridine rings is 2. The van der Waals surface area contributed by atoms with E-state index in [4.69, 9.17) is 4.42 Å². The molecular formula is C27H23F4N3O4S. The van der Waals surface area contributed by atoms with Crippen molar-refractivity contribution in [3.05, 3.63) is 78.0 Å². The summed E-state index contributed by atoms with van der Waals surface area (Å²) in [6.07, 6.45) is -0.400. The zero-order valence-electron chi connectivity index (χ0n) is 20.5. The molecule has 0 radical (unpaired) electrons. The second-order valence-electron chi connectivity index (χ2n) is 9.31. The zero-order chi connectivity index (χ0) is 27.8. The second kappa shape index (κ2) is 10.5. The minimum absolute atomic E-state index is 0.0128. The number of carbonyl (C=O) groups excluding carboxylic acids is 1. The first-order valence-corrected chi connectivity index (χ1v) is 13.7. The molecule has 0 amide bonds. The number of hydrogen-bond acceptors (Lipinski definition) is 6. The number of ketones is 1. The fraction of sp³-hybridized carbons (Fsp3) is 0.296. The number of carbonyl (C=O) groups is 1. The van der Waals surface area contributed by atoms with Crippen LogP contribution in [0.5, 0.6) is 0 Å². The van der Waals surface area contributed by atoms with E-state index >= 15 is 0 Å². The van der Waals surface area contributed by atoms with Crippen LogP contribution in [0.3, 0.4) is 0 Å². The quantitative estimate of drug-likeness (QED) is 0.265. The van der Waals surface area contributed by atoms with E-state index in [1.54, 1.807) is 12.1 Å². The molecule has 5 rings (SSSR count). The second-order valence-corrected chi connectivity index (χ2v) is 11.1. The van der Waals surface area contributed by atoms with Gasteiger partial charge in [-0.05, 0) is 61.7 Å². The first-order valence-electron chi connectivity index (χ1n) is 12.2. The zero-order valence-corrected chi connectivity index (χ0v) is 21.3. The maximum Gasteiger partial charge on any atom is 0.417 e. The average Bonchev–Trinajstić information content (AvgIpc) is 3.36. The molecule has 0 bridgehead atoms. The van der Waals surface area contributed by atoms with E-state index in [1.165, 1.54) is 36.5 Å². The smallest absolute Gasteiger partial charge is 0.417 e. The summed E-state index contributed by atoms with van der Waals surface area (Å²) >= 11 is 0. The van der Waals surface area contributed by atoms with Crippen LogP contribution in [0, 0.1) is 5.82 Å². The van der Waals surface area contributed by atoms with Gasteiger partial charge in [0.2, 0.25) is 5.09 Å². The maximum absolute atomic E-state index is 13.6. The number of Topliss-reactive ketones (excluding diaryl/α,β-unsaturated/α-hetero) is 1. The SMILES string of the molecule is O=C(CCc1cc(-c2ccc(C(F)(F)F)cn2)ccn1)[C@@H]1CCCCN1S(=O)(=O)c1cc2cc(F)ccc2o1. The molecule has 204 valence electrons. The van der Waals surface area contributed by atoms with Crippen molar-refractivity contribution in [2.45, 2.75) is 49.4 Å². The molecule has 0 N–H and O–H groups in total. The van der Waals surface area contributed by atoms with Crippen molar-refractivity contribution in [2.24, 2.45) is 0 Å². The van der Waals surface area contributed by atoms with Gasteiger partial charge in [-0.1, -0.05) is 6.42 Å². The van der Waals surface area contributed by atoms with E-state index in [9.17, 15) is 30.8 Å². The number of piperidine rings is 1. The number of rotatable bonds is 7. The van der Waals surface area contributed by atoms with Gasteiger partial charge in [0.05, 0.1) is 17.3 Å². The van der Waals surface area contributed by atoms with Crippen molar-refractivity contribution in [3.8, 4) is 11.3 Å². The molecule has 4 aromatic rings. The van der Waals surface area contributed by atoms with Crippen molar-refractivity contribution >= 4 is 26.8 Å². The number of aryl methyl sites for hydroxylation is 1. The van der Waals surface area contributed by atoms with Gasteiger partial charge in [-0.2, -0.15) is 17.5 Å². The van der Waals surface area contributed by atoms with E-state index in [1.807, 2.05) is 0 Å². The number of hydrogen-bond donors (Lipinski definition) is 0. The predicted octanol–water partition coefficient (Wildman–Crippen LogP) is 5.79. The molecule has 4 heterocycles. The van der Waals surface area contributed by atoms with Crippen molar-refractivity contribution in [3.63, 3.8) is 0 Å². The maximum atomic E-state index is 13.6. The van der Waals surface area contributed by atoms with Gasteiger partial charge in [0, 0.05) is 48.1 Å². The van der Waals surface area contributed by atoms with Crippen LogP contribution in [-0.4, -0.2) is 41.1 Å². The van der Waals surface area contributed by atoms with Crippen LogP contribution in [-0.2, 0) is 27.4 Å². The summed E-state index contributed by atoms with van der Waals surface area (Å²) in [6, 6.07) is 9.55. The highest BCUT2D eigenvalue weighted by molar-refractivity contribution is 7.89. The highest BCUT2D eigenvalue weighted by atomic mass is 32.2. The van der Waals surface area contributed by atoms with Crippen molar-refractivity contribution < 1.29 is 35.2 Å². The molecule has 1 saturated heterocycles. The van der Waals surface area contributed by atoms with Crippen LogP contribution in [0.25, 0.3) is 22.2 Å². The Morgan fingerprint density at radius 1 is 1.05 bits per heavy atom. The van der Waals surface area contributed by atoms with E-state index in [0.717, 1.165) is 16.6 Å². The van der Waals surface area contributed by atoms with Gasteiger partial charge in [0.15, 0.2) is 5.78 Å². The van der Waals surface area contributed by atoms with Gasteiger partial charge in [0.25, 0.3) is 10.0 Å². The number of furan rings is 1. The summed E-state index contributed by atoms with van der Waals surface area (Å²) in [5, 5.41) is -0.0387. The Kier molecular flexibility index (Phi) is 7.25. The number of benzene rings is 1. The van der Waals surface area contributed by atoms with Crippen LogP contribution < -0.4 is 0 Å².